The lowest BCUT2D eigenvalue weighted by Crippen LogP contribution is -2.10. The number of halogens is 1. The van der Waals surface area contributed by atoms with Gasteiger partial charge in [0.1, 0.15) is 17.0 Å². The van der Waals surface area contributed by atoms with E-state index < -0.39 is 5.97 Å². The lowest BCUT2D eigenvalue weighted by molar-refractivity contribution is 0.0594. The molecule has 2 heterocycles. The number of carbonyl (C=O) groups excluding carboxylic acids is 1. The molecular formula is C12H8ClN5O2. The molecule has 0 amide bonds. The van der Waals surface area contributed by atoms with Crippen molar-refractivity contribution in [2.24, 2.45) is 0 Å². The highest BCUT2D eigenvalue weighted by molar-refractivity contribution is 6.35. The molecule has 2 aromatic rings. The van der Waals surface area contributed by atoms with Gasteiger partial charge in [-0.1, -0.05) is 24.2 Å². The van der Waals surface area contributed by atoms with E-state index in [1.54, 1.807) is 6.07 Å². The number of rotatable bonds is 2. The highest BCUT2D eigenvalue weighted by Crippen LogP contribution is 2.25. The van der Waals surface area contributed by atoms with Gasteiger partial charge in [0.25, 0.3) is 5.82 Å². The van der Waals surface area contributed by atoms with Crippen molar-refractivity contribution in [3.8, 4) is 11.4 Å². The van der Waals surface area contributed by atoms with E-state index in [1.807, 2.05) is 0 Å². The van der Waals surface area contributed by atoms with Gasteiger partial charge in [-0.2, -0.15) is 0 Å². The molecule has 2 rings (SSSR count). The van der Waals surface area contributed by atoms with Gasteiger partial charge >= 0.3 is 5.97 Å². The van der Waals surface area contributed by atoms with E-state index in [9.17, 15) is 4.79 Å². The number of pyridine rings is 1. The zero-order chi connectivity index (χ0) is 14.7. The number of esters is 1. The number of nitrogen functional groups attached to an aromatic ring is 1. The van der Waals surface area contributed by atoms with Crippen LogP contribution in [0.3, 0.4) is 0 Å². The molecule has 0 spiro atoms. The Morgan fingerprint density at radius 1 is 1.45 bits per heavy atom. The first kappa shape index (κ1) is 13.7. The molecule has 0 unspecified atom stereocenters. The third-order valence-electron chi connectivity index (χ3n) is 2.38. The van der Waals surface area contributed by atoms with Crippen LogP contribution in [0.2, 0.25) is 5.02 Å². The number of ether oxygens (including phenoxy) is 1. The van der Waals surface area contributed by atoms with Crippen molar-refractivity contribution >= 4 is 29.2 Å². The van der Waals surface area contributed by atoms with Crippen molar-refractivity contribution in [2.45, 2.75) is 0 Å². The first-order valence-corrected chi connectivity index (χ1v) is 5.69. The summed E-state index contributed by atoms with van der Waals surface area (Å²) < 4.78 is 4.57. The normalized spacial score (nSPS) is 9.85. The highest BCUT2D eigenvalue weighted by Gasteiger charge is 2.19. The predicted molar refractivity (Wildman–Crippen MR) is 72.3 cm³/mol. The molecule has 2 aromatic heterocycles. The van der Waals surface area contributed by atoms with Gasteiger partial charge in [-0.3, -0.25) is 0 Å². The number of nitrogens with zero attached hydrogens (tertiary/aromatic N) is 4. The van der Waals surface area contributed by atoms with E-state index >= 15 is 0 Å². The number of carbonyl (C=O) groups is 1. The topological polar surface area (TPSA) is 95.3 Å². The minimum absolute atomic E-state index is 0.0358. The molecule has 0 fully saturated rings. The third kappa shape index (κ3) is 2.50. The number of aromatic nitrogens is 3. The van der Waals surface area contributed by atoms with Gasteiger partial charge in [-0.25, -0.2) is 14.8 Å². The second-order valence-electron chi connectivity index (χ2n) is 3.60. The van der Waals surface area contributed by atoms with Crippen LogP contribution >= 0.6 is 11.6 Å². The third-order valence-corrected chi connectivity index (χ3v) is 2.75. The van der Waals surface area contributed by atoms with Crippen LogP contribution in [0.5, 0.6) is 0 Å². The minimum Gasteiger partial charge on any atom is -0.464 e. The van der Waals surface area contributed by atoms with Crippen molar-refractivity contribution < 1.29 is 9.53 Å². The fourth-order valence-electron chi connectivity index (χ4n) is 1.41. The summed E-state index contributed by atoms with van der Waals surface area (Å²) in [6.45, 7) is 6.83. The summed E-state index contributed by atoms with van der Waals surface area (Å²) in [6.07, 6.45) is 1.41. The fourth-order valence-corrected chi connectivity index (χ4v) is 1.57. The van der Waals surface area contributed by atoms with E-state index in [0.29, 0.717) is 5.56 Å². The van der Waals surface area contributed by atoms with E-state index in [0.717, 1.165) is 0 Å². The molecule has 0 atom stereocenters. The standard InChI is InChI=1S/C12H8ClN5O2/c1-15-7-4-3-6(5-16-7)11-17-9(12(19)20-2)8(13)10(14)18-11/h3-5H,2H3,(H2,14,17,18). The Hall–Kier alpha value is -2.72. The highest BCUT2D eigenvalue weighted by atomic mass is 35.5. The largest absolute Gasteiger partial charge is 0.464 e. The maximum Gasteiger partial charge on any atom is 0.358 e. The van der Waals surface area contributed by atoms with Crippen LogP contribution in [-0.4, -0.2) is 28.0 Å². The van der Waals surface area contributed by atoms with Crippen LogP contribution in [0.15, 0.2) is 18.3 Å². The first-order valence-electron chi connectivity index (χ1n) is 5.32. The number of methoxy groups -OCH3 is 1. The molecule has 20 heavy (non-hydrogen) atoms. The molecular weight excluding hydrogens is 282 g/mol. The van der Waals surface area contributed by atoms with Crippen molar-refractivity contribution in [1.82, 2.24) is 15.0 Å². The van der Waals surface area contributed by atoms with Crippen LogP contribution in [0.25, 0.3) is 16.2 Å². The Morgan fingerprint density at radius 3 is 2.75 bits per heavy atom. The molecule has 0 bridgehead atoms. The number of anilines is 1. The van der Waals surface area contributed by atoms with Crippen molar-refractivity contribution in [1.29, 1.82) is 0 Å². The maximum absolute atomic E-state index is 11.6. The molecule has 0 aliphatic heterocycles. The van der Waals surface area contributed by atoms with Crippen molar-refractivity contribution in [3.63, 3.8) is 0 Å². The van der Waals surface area contributed by atoms with E-state index in [4.69, 9.17) is 23.9 Å². The van der Waals surface area contributed by atoms with E-state index in [-0.39, 0.29) is 28.2 Å². The zero-order valence-corrected chi connectivity index (χ0v) is 11.0. The van der Waals surface area contributed by atoms with Gasteiger partial charge in [0.2, 0.25) is 0 Å². The Bertz CT molecular complexity index is 709. The van der Waals surface area contributed by atoms with Crippen LogP contribution in [0.4, 0.5) is 11.6 Å². The second-order valence-corrected chi connectivity index (χ2v) is 3.98. The smallest absolute Gasteiger partial charge is 0.358 e. The molecule has 0 radical (unpaired) electrons. The second kappa shape index (κ2) is 5.50. The molecule has 0 aromatic carbocycles. The lowest BCUT2D eigenvalue weighted by atomic mass is 10.2. The number of hydrogen-bond acceptors (Lipinski definition) is 6. The zero-order valence-electron chi connectivity index (χ0n) is 10.3. The molecule has 100 valence electrons. The summed E-state index contributed by atoms with van der Waals surface area (Å²) in [7, 11) is 1.21. The van der Waals surface area contributed by atoms with Crippen molar-refractivity contribution in [3.05, 3.63) is 40.5 Å². The molecule has 0 aliphatic carbocycles. The summed E-state index contributed by atoms with van der Waals surface area (Å²) in [5, 5.41) is -0.0636. The number of hydrogen-bond donors (Lipinski definition) is 1. The molecule has 0 saturated heterocycles. The van der Waals surface area contributed by atoms with E-state index in [1.165, 1.54) is 19.4 Å². The van der Waals surface area contributed by atoms with Gasteiger partial charge < -0.3 is 15.3 Å². The Labute approximate surface area is 119 Å². The first-order chi connectivity index (χ1) is 9.56. The van der Waals surface area contributed by atoms with E-state index in [2.05, 4.69) is 24.5 Å². The average molecular weight is 290 g/mol. The Morgan fingerprint density at radius 2 is 2.20 bits per heavy atom. The number of nitrogens with two attached hydrogens (primary N) is 1. The summed E-state index contributed by atoms with van der Waals surface area (Å²) >= 11 is 5.87. The molecule has 0 aliphatic rings. The fraction of sp³-hybridized carbons (Fsp3) is 0.0833. The summed E-state index contributed by atoms with van der Waals surface area (Å²) in [4.78, 5) is 26.6. The van der Waals surface area contributed by atoms with Crippen molar-refractivity contribution in [2.75, 3.05) is 12.8 Å². The maximum atomic E-state index is 11.6. The van der Waals surface area contributed by atoms with Crippen LogP contribution in [0, 0.1) is 6.57 Å². The molecule has 0 saturated carbocycles. The van der Waals surface area contributed by atoms with Gasteiger partial charge in [-0.15, -0.1) is 4.98 Å². The summed E-state index contributed by atoms with van der Waals surface area (Å²) in [6, 6.07) is 3.11. The van der Waals surface area contributed by atoms with Gasteiger partial charge in [0.15, 0.2) is 11.5 Å². The van der Waals surface area contributed by atoms with Gasteiger partial charge in [0.05, 0.1) is 12.7 Å². The van der Waals surface area contributed by atoms with Crippen LogP contribution < -0.4 is 5.73 Å². The Kier molecular flexibility index (Phi) is 3.77. The molecule has 7 nitrogen and oxygen atoms in total. The van der Waals surface area contributed by atoms with Gasteiger partial charge in [0, 0.05) is 0 Å². The minimum atomic E-state index is -0.712. The molecule has 8 heteroatoms. The van der Waals surface area contributed by atoms with Crippen LogP contribution in [-0.2, 0) is 4.74 Å². The lowest BCUT2D eigenvalue weighted by Gasteiger charge is -2.06. The average Bonchev–Trinajstić information content (AvgIpc) is 2.49. The Balaban J connectivity index is 2.54. The quantitative estimate of drug-likeness (QED) is 0.672. The summed E-state index contributed by atoms with van der Waals surface area (Å²) in [5.74, 6) is -0.331. The van der Waals surface area contributed by atoms with Gasteiger partial charge in [-0.05, 0) is 6.07 Å². The molecule has 2 N–H and O–H groups in total. The monoisotopic (exact) mass is 289 g/mol. The SMILES string of the molecule is [C-]#[N+]c1ccc(-c2nc(N)c(Cl)c(C(=O)OC)n2)cn1. The van der Waals surface area contributed by atoms with Crippen LogP contribution in [0.1, 0.15) is 10.5 Å². The summed E-state index contributed by atoms with van der Waals surface area (Å²) in [5.41, 5.74) is 6.03. The predicted octanol–water partition coefficient (Wildman–Crippen LogP) is 2.11.